The molecule has 0 aromatic rings. The number of fused-ring (bicyclic) bond motifs is 2. The zero-order chi connectivity index (χ0) is 17.6. The third kappa shape index (κ3) is 3.45. The molecule has 3 saturated carbocycles. The second-order valence-corrected chi connectivity index (χ2v) is 8.80. The van der Waals surface area contributed by atoms with Gasteiger partial charge in [-0.3, -0.25) is 4.99 Å². The zero-order valence-electron chi connectivity index (χ0n) is 15.2. The van der Waals surface area contributed by atoms with E-state index in [1.165, 1.54) is 0 Å². The molecular formula is C18H31NO4. The molecule has 0 aliphatic heterocycles. The smallest absolute Gasteiger partial charge is 0.331 e. The number of carbonyl (C=O) groups excluding carboxylic acids is 1. The second kappa shape index (κ2) is 5.85. The van der Waals surface area contributed by atoms with Crippen LogP contribution in [0.25, 0.3) is 0 Å². The van der Waals surface area contributed by atoms with Crippen molar-refractivity contribution in [2.24, 2.45) is 22.2 Å². The molecule has 3 aliphatic rings. The number of aliphatic hydroxyl groups is 2. The molecular weight excluding hydrogens is 294 g/mol. The summed E-state index contributed by atoms with van der Waals surface area (Å²) in [7, 11) is 0. The largest absolute Gasteiger partial charge is 0.458 e. The van der Waals surface area contributed by atoms with Crippen LogP contribution in [0.2, 0.25) is 0 Å². The normalized spacial score (nSPS) is 35.6. The molecule has 5 heteroatoms. The van der Waals surface area contributed by atoms with Gasteiger partial charge in [0.25, 0.3) is 0 Å². The molecule has 4 atom stereocenters. The van der Waals surface area contributed by atoms with Gasteiger partial charge in [-0.25, -0.2) is 4.79 Å². The minimum atomic E-state index is -0.992. The maximum Gasteiger partial charge on any atom is 0.331 e. The van der Waals surface area contributed by atoms with Crippen molar-refractivity contribution in [2.75, 3.05) is 6.61 Å². The molecule has 2 N–H and O–H groups in total. The van der Waals surface area contributed by atoms with Gasteiger partial charge in [-0.05, 0) is 57.8 Å². The maximum absolute atomic E-state index is 12.3. The fourth-order valence-electron chi connectivity index (χ4n) is 4.06. The molecule has 0 radical (unpaired) electrons. The summed E-state index contributed by atoms with van der Waals surface area (Å²) < 4.78 is 5.40. The van der Waals surface area contributed by atoms with Crippen LogP contribution in [0.15, 0.2) is 4.99 Å². The average Bonchev–Trinajstić information content (AvgIpc) is 2.36. The lowest BCUT2D eigenvalue weighted by molar-refractivity contribution is -0.157. The number of hydrogen-bond donors (Lipinski definition) is 2. The molecule has 132 valence electrons. The van der Waals surface area contributed by atoms with E-state index in [9.17, 15) is 15.0 Å². The van der Waals surface area contributed by atoms with Crippen LogP contribution in [-0.2, 0) is 9.53 Å². The molecule has 0 heterocycles. The van der Waals surface area contributed by atoms with Crippen molar-refractivity contribution >= 4 is 11.7 Å². The van der Waals surface area contributed by atoms with Gasteiger partial charge in [0.15, 0.2) is 0 Å². The van der Waals surface area contributed by atoms with E-state index in [-0.39, 0.29) is 24.4 Å². The number of nitrogens with zero attached hydrogens (tertiary/aromatic N) is 1. The average molecular weight is 325 g/mol. The van der Waals surface area contributed by atoms with Gasteiger partial charge in [0.2, 0.25) is 0 Å². The summed E-state index contributed by atoms with van der Waals surface area (Å²) >= 11 is 0. The highest BCUT2D eigenvalue weighted by Crippen LogP contribution is 2.61. The van der Waals surface area contributed by atoms with Crippen LogP contribution in [0.5, 0.6) is 0 Å². The Balaban J connectivity index is 2.22. The van der Waals surface area contributed by atoms with Gasteiger partial charge >= 0.3 is 5.97 Å². The molecule has 2 unspecified atom stereocenters. The van der Waals surface area contributed by atoms with Crippen molar-refractivity contribution < 1.29 is 19.7 Å². The van der Waals surface area contributed by atoms with Gasteiger partial charge in [-0.1, -0.05) is 13.8 Å². The van der Waals surface area contributed by atoms with E-state index in [1.807, 2.05) is 20.8 Å². The number of ether oxygens (including phenoxy) is 1. The maximum atomic E-state index is 12.3. The Morgan fingerprint density at radius 3 is 2.43 bits per heavy atom. The molecule has 0 amide bonds. The predicted octanol–water partition coefficient (Wildman–Crippen LogP) is 2.34. The zero-order valence-corrected chi connectivity index (χ0v) is 15.2. The van der Waals surface area contributed by atoms with Crippen LogP contribution in [0.3, 0.4) is 0 Å². The fraction of sp³-hybridized carbons (Fsp3) is 0.889. The first-order chi connectivity index (χ1) is 10.4. The Morgan fingerprint density at radius 2 is 2.00 bits per heavy atom. The molecule has 0 spiro atoms. The highest BCUT2D eigenvalue weighted by molar-refractivity contribution is 5.96. The summed E-state index contributed by atoms with van der Waals surface area (Å²) in [5.41, 5.74) is -0.790. The van der Waals surface area contributed by atoms with Crippen LogP contribution >= 0.6 is 0 Å². The van der Waals surface area contributed by atoms with E-state index in [2.05, 4.69) is 18.8 Å². The van der Waals surface area contributed by atoms with Crippen molar-refractivity contribution in [1.82, 2.24) is 0 Å². The number of aliphatic imine (C=N–C) groups is 1. The van der Waals surface area contributed by atoms with Crippen molar-refractivity contribution in [3.63, 3.8) is 0 Å². The van der Waals surface area contributed by atoms with E-state index in [1.54, 1.807) is 6.92 Å². The number of esters is 1. The Kier molecular flexibility index (Phi) is 4.68. The summed E-state index contributed by atoms with van der Waals surface area (Å²) in [6, 6.07) is -0.749. The van der Waals surface area contributed by atoms with Crippen LogP contribution in [0.4, 0.5) is 0 Å². The van der Waals surface area contributed by atoms with Crippen LogP contribution in [0, 0.1) is 17.3 Å². The standard InChI is InChI=1S/C18H31NO4/c1-16(2,3)23-15(21)12(7-8-20)19-14-10-11-9-13(17(11,4)5)18(14,6)22/h11-13,20,22H,7-10H2,1-6H3/t11-,12?,13-,18?/m1/s1. The van der Waals surface area contributed by atoms with Crippen LogP contribution in [0.1, 0.15) is 60.8 Å². The van der Waals surface area contributed by atoms with Crippen LogP contribution in [-0.4, -0.2) is 45.7 Å². The van der Waals surface area contributed by atoms with Crippen molar-refractivity contribution in [2.45, 2.75) is 78.0 Å². The quantitative estimate of drug-likeness (QED) is 0.778. The topological polar surface area (TPSA) is 79.1 Å². The molecule has 2 bridgehead atoms. The van der Waals surface area contributed by atoms with Gasteiger partial charge in [-0.2, -0.15) is 0 Å². The third-order valence-electron chi connectivity index (χ3n) is 5.57. The summed E-state index contributed by atoms with van der Waals surface area (Å²) in [5, 5.41) is 20.2. The molecule has 3 rings (SSSR count). The third-order valence-corrected chi connectivity index (χ3v) is 5.57. The predicted molar refractivity (Wildman–Crippen MR) is 89.4 cm³/mol. The van der Waals surface area contributed by atoms with E-state index in [0.29, 0.717) is 18.1 Å². The van der Waals surface area contributed by atoms with E-state index < -0.39 is 23.2 Å². The Hall–Kier alpha value is -0.940. The first-order valence-corrected chi connectivity index (χ1v) is 8.53. The summed E-state index contributed by atoms with van der Waals surface area (Å²) in [6.07, 6.45) is 1.94. The highest BCUT2D eigenvalue weighted by Gasteiger charge is 2.61. The molecule has 0 saturated heterocycles. The molecule has 3 aliphatic carbocycles. The fourth-order valence-corrected chi connectivity index (χ4v) is 4.06. The first-order valence-electron chi connectivity index (χ1n) is 8.53. The van der Waals surface area contributed by atoms with Crippen molar-refractivity contribution in [3.8, 4) is 0 Å². The second-order valence-electron chi connectivity index (χ2n) is 8.80. The van der Waals surface area contributed by atoms with E-state index in [4.69, 9.17) is 4.74 Å². The van der Waals surface area contributed by atoms with Gasteiger partial charge < -0.3 is 14.9 Å². The number of carbonyl (C=O) groups is 1. The van der Waals surface area contributed by atoms with E-state index >= 15 is 0 Å². The first kappa shape index (κ1) is 18.4. The summed E-state index contributed by atoms with van der Waals surface area (Å²) in [6.45, 7) is 11.5. The highest BCUT2D eigenvalue weighted by atomic mass is 16.6. The molecule has 0 aromatic carbocycles. The lowest BCUT2D eigenvalue weighted by atomic mass is 9.44. The van der Waals surface area contributed by atoms with Gasteiger partial charge in [-0.15, -0.1) is 0 Å². The minimum absolute atomic E-state index is 0.112. The monoisotopic (exact) mass is 325 g/mol. The minimum Gasteiger partial charge on any atom is -0.458 e. The number of aliphatic hydroxyl groups excluding tert-OH is 1. The van der Waals surface area contributed by atoms with Gasteiger partial charge in [0.05, 0.1) is 0 Å². The number of hydrogen-bond acceptors (Lipinski definition) is 5. The SMILES string of the molecule is CC(C)(C)OC(=O)C(CCO)N=C1C[C@H]2C[C@@H](C1(C)O)C2(C)C. The molecule has 0 aromatic heterocycles. The Bertz CT molecular complexity index is 502. The molecule has 5 nitrogen and oxygen atoms in total. The lowest BCUT2D eigenvalue weighted by Crippen LogP contribution is -2.65. The van der Waals surface area contributed by atoms with Crippen LogP contribution < -0.4 is 0 Å². The summed E-state index contributed by atoms with van der Waals surface area (Å²) in [5.74, 6) is 0.231. The molecule has 23 heavy (non-hydrogen) atoms. The van der Waals surface area contributed by atoms with Crippen molar-refractivity contribution in [3.05, 3.63) is 0 Å². The Morgan fingerprint density at radius 1 is 1.39 bits per heavy atom. The van der Waals surface area contributed by atoms with E-state index in [0.717, 1.165) is 6.42 Å². The van der Waals surface area contributed by atoms with Crippen molar-refractivity contribution in [1.29, 1.82) is 0 Å². The lowest BCUT2D eigenvalue weighted by Gasteiger charge is -2.62. The Labute approximate surface area is 139 Å². The van der Waals surface area contributed by atoms with Gasteiger partial charge in [0, 0.05) is 18.7 Å². The van der Waals surface area contributed by atoms with Gasteiger partial charge in [0.1, 0.15) is 17.2 Å². The number of rotatable bonds is 4. The summed E-state index contributed by atoms with van der Waals surface area (Å²) in [4.78, 5) is 16.9. The molecule has 3 fully saturated rings.